The minimum Gasteiger partial charge on any atom is -0.379 e. The zero-order valence-electron chi connectivity index (χ0n) is 14.5. The lowest BCUT2D eigenvalue weighted by Crippen LogP contribution is -2.05. The molecule has 0 heterocycles. The lowest BCUT2D eigenvalue weighted by Gasteiger charge is -2.14. The van der Waals surface area contributed by atoms with Crippen LogP contribution in [0.3, 0.4) is 0 Å². The second kappa shape index (κ2) is 12.2. The van der Waals surface area contributed by atoms with Crippen LogP contribution in [0, 0.1) is 0 Å². The zero-order valence-corrected chi connectivity index (χ0v) is 15.4. The minimum atomic E-state index is -3.44. The van der Waals surface area contributed by atoms with E-state index in [9.17, 15) is 14.3 Å². The van der Waals surface area contributed by atoms with Crippen molar-refractivity contribution in [2.75, 3.05) is 13.2 Å². The summed E-state index contributed by atoms with van der Waals surface area (Å²) >= 11 is 0. The van der Waals surface area contributed by atoms with Gasteiger partial charge in [-0.2, -0.15) is 0 Å². The van der Waals surface area contributed by atoms with Crippen molar-refractivity contribution >= 4 is 13.4 Å². The molecule has 22 heavy (non-hydrogen) atoms. The highest BCUT2D eigenvalue weighted by Crippen LogP contribution is 2.46. The molecule has 1 atom stereocenters. The number of carbonyl (C=O) groups is 1. The predicted molar refractivity (Wildman–Crippen MR) is 91.4 cm³/mol. The highest BCUT2D eigenvalue weighted by molar-refractivity contribution is 7.53. The van der Waals surface area contributed by atoms with Crippen LogP contribution in [0.4, 0.5) is 0 Å². The Morgan fingerprint density at radius 2 is 1.55 bits per heavy atom. The molecule has 0 saturated carbocycles. The van der Waals surface area contributed by atoms with E-state index in [0.717, 1.165) is 32.3 Å². The molecule has 1 unspecified atom stereocenters. The van der Waals surface area contributed by atoms with Gasteiger partial charge in [-0.25, -0.2) is 0 Å². The Morgan fingerprint density at radius 1 is 1.00 bits per heavy atom. The average Bonchev–Trinajstić information content (AvgIpc) is 2.41. The van der Waals surface area contributed by atoms with Gasteiger partial charge in [0.05, 0.1) is 18.4 Å². The number of Topliss-reactive ketones (excluding diaryl/α,β-unsaturated/α-hetero) is 1. The van der Waals surface area contributed by atoms with E-state index < -0.39 is 7.60 Å². The molecule has 0 bridgehead atoms. The van der Waals surface area contributed by atoms with Gasteiger partial charge in [-0.15, -0.1) is 0 Å². The number of rotatable bonds is 14. The average molecular weight is 338 g/mol. The highest BCUT2D eigenvalue weighted by Gasteiger charge is 2.23. The molecule has 0 aliphatic heterocycles. The number of ketones is 1. The summed E-state index contributed by atoms with van der Waals surface area (Å²) in [6.45, 7) is 8.36. The van der Waals surface area contributed by atoms with Gasteiger partial charge in [-0.3, -0.25) is 9.36 Å². The number of hydrogen-bond acceptors (Lipinski definition) is 4. The van der Waals surface area contributed by atoms with E-state index in [-0.39, 0.29) is 19.8 Å². The van der Waals surface area contributed by atoms with Crippen molar-refractivity contribution in [3.63, 3.8) is 0 Å². The normalized spacial score (nSPS) is 14.5. The summed E-state index contributed by atoms with van der Waals surface area (Å²) in [6, 6.07) is 0. The fourth-order valence-corrected chi connectivity index (χ4v) is 2.50. The fourth-order valence-electron chi connectivity index (χ4n) is 1.81. The molecule has 6 heteroatoms. The van der Waals surface area contributed by atoms with E-state index in [2.05, 4.69) is 0 Å². The summed E-state index contributed by atoms with van der Waals surface area (Å²) in [5.74, 6) is 0.292. The van der Waals surface area contributed by atoms with E-state index in [1.807, 2.05) is 13.8 Å². The predicted octanol–water partition coefficient (Wildman–Crippen LogP) is 4.57. The van der Waals surface area contributed by atoms with Crippen LogP contribution >= 0.6 is 7.60 Å². The van der Waals surface area contributed by atoms with Crippen molar-refractivity contribution in [1.29, 1.82) is 0 Å². The van der Waals surface area contributed by atoms with Gasteiger partial charge in [-0.1, -0.05) is 20.3 Å². The van der Waals surface area contributed by atoms with Gasteiger partial charge in [-0.05, 0) is 39.5 Å². The van der Waals surface area contributed by atoms with Crippen LogP contribution in [0.5, 0.6) is 0 Å². The maximum absolute atomic E-state index is 11.7. The summed E-state index contributed by atoms with van der Waals surface area (Å²) < 4.78 is 22.0. The Morgan fingerprint density at radius 3 is 2.09 bits per heavy atom. The van der Waals surface area contributed by atoms with Crippen molar-refractivity contribution in [3.05, 3.63) is 0 Å². The van der Waals surface area contributed by atoms with E-state index in [1.165, 1.54) is 0 Å². The third-order valence-corrected chi connectivity index (χ3v) is 5.19. The third-order valence-electron chi connectivity index (χ3n) is 3.33. The molecule has 0 aromatic heterocycles. The molecule has 134 valence electrons. The molecule has 0 aromatic rings. The van der Waals surface area contributed by atoms with Crippen LogP contribution in [-0.4, -0.2) is 35.7 Å². The third kappa shape index (κ3) is 12.3. The van der Waals surface area contributed by atoms with Crippen LogP contribution in [-0.2, 0) is 18.6 Å². The molecule has 0 radical (unpaired) electrons. The van der Waals surface area contributed by atoms with Crippen molar-refractivity contribution in [1.82, 2.24) is 0 Å². The SMILES string of the molecule is CC(C)OCCCCC(=O)CCCCCOP(=O)(O)C(C)C.[HH]. The fraction of sp³-hybridized carbons (Fsp3) is 0.938. The number of ether oxygens (including phenoxy) is 1. The van der Waals surface area contributed by atoms with Gasteiger partial charge >= 0.3 is 7.60 Å². The van der Waals surface area contributed by atoms with Crippen LogP contribution in [0.15, 0.2) is 0 Å². The topological polar surface area (TPSA) is 72.8 Å². The van der Waals surface area contributed by atoms with Gasteiger partial charge < -0.3 is 14.2 Å². The molecule has 0 aliphatic carbocycles. The van der Waals surface area contributed by atoms with Crippen LogP contribution < -0.4 is 0 Å². The molecule has 0 saturated heterocycles. The standard InChI is InChI=1S/C16H33O5P.H2/c1-14(2)20-12-9-7-11-16(17)10-6-5-8-13-21-22(18,19)15(3)4;/h14-15H,5-13H2,1-4H3,(H,18,19);1H. The first-order chi connectivity index (χ1) is 10.3. The number of carbonyl (C=O) groups excluding carboxylic acids is 1. The van der Waals surface area contributed by atoms with E-state index >= 15 is 0 Å². The first-order valence-electron chi connectivity index (χ1n) is 8.36. The van der Waals surface area contributed by atoms with Gasteiger partial charge in [0.15, 0.2) is 0 Å². The molecule has 5 nitrogen and oxygen atoms in total. The molecule has 0 amide bonds. The van der Waals surface area contributed by atoms with Gasteiger partial charge in [0, 0.05) is 20.9 Å². The lowest BCUT2D eigenvalue weighted by molar-refractivity contribution is -0.119. The number of unbranched alkanes of at least 4 members (excludes halogenated alkanes) is 3. The molecule has 0 rings (SSSR count). The smallest absolute Gasteiger partial charge is 0.330 e. The zero-order chi connectivity index (χ0) is 17.0. The van der Waals surface area contributed by atoms with Gasteiger partial charge in [0.25, 0.3) is 0 Å². The monoisotopic (exact) mass is 338 g/mol. The molecular weight excluding hydrogens is 303 g/mol. The first kappa shape index (κ1) is 21.8. The molecule has 0 spiro atoms. The molecule has 1 N–H and O–H groups in total. The molecular formula is C16H35O5P. The Labute approximate surface area is 136 Å². The number of hydrogen-bond donors (Lipinski definition) is 1. The second-order valence-electron chi connectivity index (χ2n) is 6.22. The van der Waals surface area contributed by atoms with Crippen molar-refractivity contribution in [3.8, 4) is 0 Å². The van der Waals surface area contributed by atoms with Crippen molar-refractivity contribution < 1.29 is 24.9 Å². The van der Waals surface area contributed by atoms with E-state index in [1.54, 1.807) is 13.8 Å². The largest absolute Gasteiger partial charge is 0.379 e. The van der Waals surface area contributed by atoms with E-state index in [4.69, 9.17) is 9.26 Å². The van der Waals surface area contributed by atoms with Crippen LogP contribution in [0.1, 0.15) is 74.1 Å². The van der Waals surface area contributed by atoms with Crippen molar-refractivity contribution in [2.45, 2.75) is 84.4 Å². The van der Waals surface area contributed by atoms with Gasteiger partial charge in [0.1, 0.15) is 5.78 Å². The van der Waals surface area contributed by atoms with E-state index in [0.29, 0.717) is 25.0 Å². The first-order valence-corrected chi connectivity index (χ1v) is 10.0. The summed E-state index contributed by atoms with van der Waals surface area (Å²) in [7, 11) is -3.44. The Hall–Kier alpha value is -0.220. The Kier molecular flexibility index (Phi) is 12.1. The summed E-state index contributed by atoms with van der Waals surface area (Å²) in [5.41, 5.74) is -0.367. The maximum atomic E-state index is 11.7. The Bertz CT molecular complexity index is 347. The lowest BCUT2D eigenvalue weighted by atomic mass is 10.1. The molecule has 0 aliphatic rings. The quantitative estimate of drug-likeness (QED) is 0.371. The summed E-state index contributed by atoms with van der Waals surface area (Å²) in [5, 5.41) is 0. The summed E-state index contributed by atoms with van der Waals surface area (Å²) in [4.78, 5) is 21.1. The Balaban J connectivity index is 0. The van der Waals surface area contributed by atoms with Gasteiger partial charge in [0.2, 0.25) is 0 Å². The highest BCUT2D eigenvalue weighted by atomic mass is 31.2. The maximum Gasteiger partial charge on any atom is 0.330 e. The minimum absolute atomic E-state index is 0. The van der Waals surface area contributed by atoms with Crippen molar-refractivity contribution in [2.24, 2.45) is 0 Å². The molecule has 0 fully saturated rings. The molecule has 0 aromatic carbocycles. The van der Waals surface area contributed by atoms with Crippen LogP contribution in [0.25, 0.3) is 0 Å². The second-order valence-corrected chi connectivity index (χ2v) is 8.64. The van der Waals surface area contributed by atoms with Crippen LogP contribution in [0.2, 0.25) is 0 Å². The summed E-state index contributed by atoms with van der Waals surface area (Å²) in [6.07, 6.45) is 5.66.